The molecule has 31 heavy (non-hydrogen) atoms. The SMILES string of the molecule is COc1cc(/C=N/NC(=O)c2nc(-c3ccccc3)n(-c3ccccc3)n2)ccc1O. The minimum absolute atomic E-state index is 0.0110. The van der Waals surface area contributed by atoms with Crippen molar-refractivity contribution in [1.82, 2.24) is 20.2 Å². The largest absolute Gasteiger partial charge is 0.504 e. The number of aromatic hydroxyl groups is 1. The highest BCUT2D eigenvalue weighted by atomic mass is 16.5. The predicted molar refractivity (Wildman–Crippen MR) is 117 cm³/mol. The van der Waals surface area contributed by atoms with Gasteiger partial charge in [0.25, 0.3) is 0 Å². The molecule has 4 rings (SSSR count). The van der Waals surface area contributed by atoms with E-state index in [4.69, 9.17) is 4.74 Å². The Morgan fingerprint density at radius 3 is 2.48 bits per heavy atom. The molecule has 0 aliphatic rings. The molecule has 0 aliphatic heterocycles. The van der Waals surface area contributed by atoms with Crippen LogP contribution in [0.4, 0.5) is 0 Å². The maximum atomic E-state index is 12.6. The molecule has 0 unspecified atom stereocenters. The highest BCUT2D eigenvalue weighted by Crippen LogP contribution is 2.25. The Morgan fingerprint density at radius 2 is 1.77 bits per heavy atom. The molecular weight excluding hydrogens is 394 g/mol. The number of nitrogens with zero attached hydrogens (tertiary/aromatic N) is 4. The maximum Gasteiger partial charge on any atom is 0.311 e. The van der Waals surface area contributed by atoms with Gasteiger partial charge in [-0.3, -0.25) is 4.79 Å². The summed E-state index contributed by atoms with van der Waals surface area (Å²) in [7, 11) is 1.46. The second kappa shape index (κ2) is 8.91. The van der Waals surface area contributed by atoms with E-state index in [-0.39, 0.29) is 11.6 Å². The van der Waals surface area contributed by atoms with Gasteiger partial charge < -0.3 is 9.84 Å². The third kappa shape index (κ3) is 4.43. The second-order valence-corrected chi connectivity index (χ2v) is 6.50. The van der Waals surface area contributed by atoms with Gasteiger partial charge in [0.15, 0.2) is 17.3 Å². The summed E-state index contributed by atoms with van der Waals surface area (Å²) in [4.78, 5) is 17.0. The number of hydrazone groups is 1. The van der Waals surface area contributed by atoms with Crippen LogP contribution in [0.25, 0.3) is 17.1 Å². The number of benzene rings is 3. The molecule has 3 aromatic carbocycles. The molecule has 0 bridgehead atoms. The van der Waals surface area contributed by atoms with Gasteiger partial charge in [0.1, 0.15) is 0 Å². The van der Waals surface area contributed by atoms with E-state index in [0.29, 0.717) is 17.1 Å². The van der Waals surface area contributed by atoms with E-state index in [1.165, 1.54) is 19.4 Å². The Hall–Kier alpha value is -4.46. The average molecular weight is 413 g/mol. The van der Waals surface area contributed by atoms with Gasteiger partial charge in [-0.25, -0.2) is 15.1 Å². The van der Waals surface area contributed by atoms with E-state index in [9.17, 15) is 9.90 Å². The van der Waals surface area contributed by atoms with Gasteiger partial charge in [0.05, 0.1) is 19.0 Å². The molecule has 1 heterocycles. The molecule has 1 amide bonds. The van der Waals surface area contributed by atoms with E-state index >= 15 is 0 Å². The van der Waals surface area contributed by atoms with Crippen LogP contribution in [0, 0.1) is 0 Å². The third-order valence-electron chi connectivity index (χ3n) is 4.43. The zero-order valence-electron chi connectivity index (χ0n) is 16.6. The van der Waals surface area contributed by atoms with Crippen molar-refractivity contribution in [2.24, 2.45) is 5.10 Å². The summed E-state index contributed by atoms with van der Waals surface area (Å²) in [5, 5.41) is 18.0. The van der Waals surface area contributed by atoms with E-state index in [2.05, 4.69) is 20.6 Å². The van der Waals surface area contributed by atoms with Gasteiger partial charge in [-0.05, 0) is 35.9 Å². The molecule has 0 atom stereocenters. The Kier molecular flexibility index (Phi) is 5.70. The number of hydrogen-bond acceptors (Lipinski definition) is 6. The maximum absolute atomic E-state index is 12.6. The third-order valence-corrected chi connectivity index (χ3v) is 4.43. The van der Waals surface area contributed by atoms with Crippen LogP contribution in [-0.4, -0.2) is 39.1 Å². The number of amides is 1. The predicted octanol–water partition coefficient (Wildman–Crippen LogP) is 3.41. The van der Waals surface area contributed by atoms with Crippen LogP contribution in [0.1, 0.15) is 16.2 Å². The molecule has 0 radical (unpaired) electrons. The van der Waals surface area contributed by atoms with Crippen LogP contribution in [-0.2, 0) is 0 Å². The van der Waals surface area contributed by atoms with E-state index in [0.717, 1.165) is 11.3 Å². The number of hydrogen-bond donors (Lipinski definition) is 2. The molecule has 154 valence electrons. The van der Waals surface area contributed by atoms with Gasteiger partial charge in [-0.1, -0.05) is 48.5 Å². The molecule has 0 saturated carbocycles. The van der Waals surface area contributed by atoms with Crippen LogP contribution < -0.4 is 10.2 Å². The average Bonchev–Trinajstić information content (AvgIpc) is 3.27. The van der Waals surface area contributed by atoms with Crippen molar-refractivity contribution in [3.05, 3.63) is 90.3 Å². The molecular formula is C23H19N5O3. The van der Waals surface area contributed by atoms with E-state index < -0.39 is 5.91 Å². The Balaban J connectivity index is 1.59. The van der Waals surface area contributed by atoms with Gasteiger partial charge in [0.2, 0.25) is 5.82 Å². The summed E-state index contributed by atoms with van der Waals surface area (Å²) in [6.07, 6.45) is 1.44. The number of carbonyl (C=O) groups excluding carboxylic acids is 1. The standard InChI is InChI=1S/C23H19N5O3/c1-31-20-14-16(12-13-19(20)29)15-24-26-23(30)21-25-22(17-8-4-2-5-9-17)28(27-21)18-10-6-3-7-11-18/h2-15,29H,1H3,(H,26,30)/b24-15+. The molecule has 4 aromatic rings. The minimum Gasteiger partial charge on any atom is -0.504 e. The van der Waals surface area contributed by atoms with Gasteiger partial charge in [-0.2, -0.15) is 5.10 Å². The summed E-state index contributed by atoms with van der Waals surface area (Å²) >= 11 is 0. The minimum atomic E-state index is -0.547. The fourth-order valence-electron chi connectivity index (χ4n) is 2.92. The Bertz CT molecular complexity index is 1160. The second-order valence-electron chi connectivity index (χ2n) is 6.50. The molecule has 1 aromatic heterocycles. The quantitative estimate of drug-likeness (QED) is 0.373. The molecule has 0 fully saturated rings. The molecule has 0 saturated heterocycles. The molecule has 8 nitrogen and oxygen atoms in total. The smallest absolute Gasteiger partial charge is 0.311 e. The van der Waals surface area contributed by atoms with Crippen molar-refractivity contribution < 1.29 is 14.6 Å². The first-order chi connectivity index (χ1) is 15.2. The van der Waals surface area contributed by atoms with Crippen LogP contribution >= 0.6 is 0 Å². The molecule has 2 N–H and O–H groups in total. The lowest BCUT2D eigenvalue weighted by Gasteiger charge is -2.05. The first kappa shape index (κ1) is 19.8. The number of para-hydroxylation sites is 1. The monoisotopic (exact) mass is 413 g/mol. The Morgan fingerprint density at radius 1 is 1.06 bits per heavy atom. The summed E-state index contributed by atoms with van der Waals surface area (Å²) in [6, 6.07) is 23.7. The van der Waals surface area contributed by atoms with Crippen LogP contribution in [0.5, 0.6) is 11.5 Å². The van der Waals surface area contributed by atoms with Crippen LogP contribution in [0.15, 0.2) is 84.0 Å². The number of rotatable bonds is 6. The number of phenols is 1. The number of phenolic OH excluding ortho intramolecular Hbond substituents is 1. The molecule has 0 aliphatic carbocycles. The van der Waals surface area contributed by atoms with E-state index in [1.54, 1.807) is 16.8 Å². The van der Waals surface area contributed by atoms with Crippen molar-refractivity contribution >= 4 is 12.1 Å². The molecule has 8 heteroatoms. The normalized spacial score (nSPS) is 10.9. The zero-order valence-corrected chi connectivity index (χ0v) is 16.6. The fourth-order valence-corrected chi connectivity index (χ4v) is 2.92. The lowest BCUT2D eigenvalue weighted by Crippen LogP contribution is -2.19. The van der Waals surface area contributed by atoms with Crippen molar-refractivity contribution in [2.45, 2.75) is 0 Å². The summed E-state index contributed by atoms with van der Waals surface area (Å²) < 4.78 is 6.68. The number of aromatic nitrogens is 3. The van der Waals surface area contributed by atoms with Gasteiger partial charge in [-0.15, -0.1) is 5.10 Å². The Labute approximate surface area is 178 Å². The number of methoxy groups -OCH3 is 1. The van der Waals surface area contributed by atoms with Crippen molar-refractivity contribution in [3.63, 3.8) is 0 Å². The van der Waals surface area contributed by atoms with Crippen LogP contribution in [0.2, 0.25) is 0 Å². The summed E-state index contributed by atoms with van der Waals surface area (Å²) in [5.41, 5.74) is 4.69. The number of ether oxygens (including phenoxy) is 1. The van der Waals surface area contributed by atoms with Gasteiger partial charge in [0, 0.05) is 5.56 Å². The van der Waals surface area contributed by atoms with Gasteiger partial charge >= 0.3 is 5.91 Å². The first-order valence-electron chi connectivity index (χ1n) is 9.44. The number of nitrogens with one attached hydrogen (secondary N) is 1. The fraction of sp³-hybridized carbons (Fsp3) is 0.0435. The lowest BCUT2D eigenvalue weighted by molar-refractivity contribution is 0.0945. The number of carbonyl (C=O) groups is 1. The van der Waals surface area contributed by atoms with Crippen molar-refractivity contribution in [2.75, 3.05) is 7.11 Å². The molecule has 0 spiro atoms. The van der Waals surface area contributed by atoms with E-state index in [1.807, 2.05) is 60.7 Å². The van der Waals surface area contributed by atoms with Crippen molar-refractivity contribution in [1.29, 1.82) is 0 Å². The summed E-state index contributed by atoms with van der Waals surface area (Å²) in [6.45, 7) is 0. The van der Waals surface area contributed by atoms with Crippen molar-refractivity contribution in [3.8, 4) is 28.6 Å². The summed E-state index contributed by atoms with van der Waals surface area (Å²) in [5.74, 6) is 0.319. The zero-order chi connectivity index (χ0) is 21.6. The topological polar surface area (TPSA) is 102 Å². The lowest BCUT2D eigenvalue weighted by atomic mass is 10.2. The highest BCUT2D eigenvalue weighted by molar-refractivity contribution is 5.92. The van der Waals surface area contributed by atoms with Crippen LogP contribution in [0.3, 0.4) is 0 Å². The highest BCUT2D eigenvalue weighted by Gasteiger charge is 2.18. The first-order valence-corrected chi connectivity index (χ1v) is 9.44.